The van der Waals surface area contributed by atoms with Crippen molar-refractivity contribution in [3.8, 4) is 0 Å². The molecule has 1 aliphatic rings. The van der Waals surface area contributed by atoms with Crippen molar-refractivity contribution < 1.29 is 14.7 Å². The van der Waals surface area contributed by atoms with Crippen LogP contribution in [0.3, 0.4) is 0 Å². The van der Waals surface area contributed by atoms with E-state index in [0.29, 0.717) is 21.8 Å². The number of nitrogens with zero attached hydrogens (tertiary/aromatic N) is 2. The van der Waals surface area contributed by atoms with Gasteiger partial charge in [0.25, 0.3) is 11.7 Å². The molecule has 1 aromatic heterocycles. The molecule has 1 aliphatic heterocycles. The van der Waals surface area contributed by atoms with Crippen LogP contribution < -0.4 is 4.90 Å². The standard InChI is InChI=1S/C22H15ClN2O3/c23-17-11-5-4-10-16(17)19-18(20(26)14-7-2-1-3-8-14)21(27)22(28)25(19)15-9-6-12-24-13-15/h1-13,19,26H. The smallest absolute Gasteiger partial charge is 0.300 e. The number of carbonyl (C=O) groups excluding carboxylic acids is 2. The second-order valence-corrected chi connectivity index (χ2v) is 6.68. The number of anilines is 1. The van der Waals surface area contributed by atoms with E-state index < -0.39 is 17.7 Å². The molecule has 0 aliphatic carbocycles. The van der Waals surface area contributed by atoms with Gasteiger partial charge in [-0.15, -0.1) is 0 Å². The molecule has 1 unspecified atom stereocenters. The third-order valence-electron chi connectivity index (χ3n) is 4.62. The van der Waals surface area contributed by atoms with Gasteiger partial charge in [0.15, 0.2) is 0 Å². The lowest BCUT2D eigenvalue weighted by Crippen LogP contribution is -2.29. The normalized spacial score (nSPS) is 18.5. The molecule has 2 aromatic carbocycles. The fraction of sp³-hybridized carbons (Fsp3) is 0.0455. The Morgan fingerprint density at radius 2 is 1.68 bits per heavy atom. The number of carbonyl (C=O) groups is 2. The summed E-state index contributed by atoms with van der Waals surface area (Å²) in [5.74, 6) is -1.75. The molecular formula is C22H15ClN2O3. The van der Waals surface area contributed by atoms with Gasteiger partial charge in [-0.25, -0.2) is 0 Å². The number of amides is 1. The summed E-state index contributed by atoms with van der Waals surface area (Å²) in [6.45, 7) is 0. The van der Waals surface area contributed by atoms with Crippen LogP contribution in [0.15, 0.2) is 84.7 Å². The van der Waals surface area contributed by atoms with E-state index in [0.717, 1.165) is 0 Å². The maximum atomic E-state index is 12.9. The summed E-state index contributed by atoms with van der Waals surface area (Å²) in [7, 11) is 0. The first-order chi connectivity index (χ1) is 13.6. The summed E-state index contributed by atoms with van der Waals surface area (Å²) < 4.78 is 0. The minimum atomic E-state index is -0.863. The number of aliphatic hydroxyl groups excluding tert-OH is 1. The molecule has 1 amide bonds. The van der Waals surface area contributed by atoms with E-state index in [1.807, 2.05) is 0 Å². The highest BCUT2D eigenvalue weighted by atomic mass is 35.5. The lowest BCUT2D eigenvalue weighted by atomic mass is 9.95. The highest BCUT2D eigenvalue weighted by Crippen LogP contribution is 2.43. The van der Waals surface area contributed by atoms with Crippen LogP contribution in [0.25, 0.3) is 5.76 Å². The first-order valence-corrected chi connectivity index (χ1v) is 8.98. The topological polar surface area (TPSA) is 70.5 Å². The number of aromatic nitrogens is 1. The monoisotopic (exact) mass is 390 g/mol. The molecule has 4 rings (SSSR count). The number of halogens is 1. The molecule has 2 heterocycles. The number of pyridine rings is 1. The average molecular weight is 391 g/mol. The van der Waals surface area contributed by atoms with Crippen LogP contribution >= 0.6 is 11.6 Å². The van der Waals surface area contributed by atoms with Gasteiger partial charge in [0, 0.05) is 16.8 Å². The molecule has 0 spiro atoms. The predicted molar refractivity (Wildman–Crippen MR) is 107 cm³/mol. The van der Waals surface area contributed by atoms with E-state index in [2.05, 4.69) is 4.98 Å². The highest BCUT2D eigenvalue weighted by Gasteiger charge is 2.47. The summed E-state index contributed by atoms with van der Waals surface area (Å²) >= 11 is 6.40. The lowest BCUT2D eigenvalue weighted by molar-refractivity contribution is -0.132. The average Bonchev–Trinajstić information content (AvgIpc) is 3.00. The Labute approximate surface area is 166 Å². The minimum Gasteiger partial charge on any atom is -0.507 e. The van der Waals surface area contributed by atoms with Gasteiger partial charge >= 0.3 is 0 Å². The number of benzene rings is 2. The van der Waals surface area contributed by atoms with Crippen LogP contribution in [0.4, 0.5) is 5.69 Å². The van der Waals surface area contributed by atoms with Crippen molar-refractivity contribution in [2.45, 2.75) is 6.04 Å². The molecule has 0 saturated carbocycles. The van der Waals surface area contributed by atoms with Gasteiger partial charge in [0.1, 0.15) is 5.76 Å². The maximum absolute atomic E-state index is 12.9. The summed E-state index contributed by atoms with van der Waals surface area (Å²) in [5.41, 5.74) is 1.43. The molecule has 1 fully saturated rings. The van der Waals surface area contributed by atoms with Gasteiger partial charge in [0.2, 0.25) is 0 Å². The Morgan fingerprint density at radius 1 is 0.964 bits per heavy atom. The second kappa shape index (κ2) is 7.29. The molecule has 138 valence electrons. The first-order valence-electron chi connectivity index (χ1n) is 8.60. The van der Waals surface area contributed by atoms with Crippen molar-refractivity contribution in [1.82, 2.24) is 4.98 Å². The van der Waals surface area contributed by atoms with Gasteiger partial charge in [-0.05, 0) is 23.8 Å². The summed E-state index contributed by atoms with van der Waals surface area (Å²) in [6, 6.07) is 18.1. The van der Waals surface area contributed by atoms with E-state index in [4.69, 9.17) is 11.6 Å². The van der Waals surface area contributed by atoms with Crippen LogP contribution in [0.1, 0.15) is 17.2 Å². The summed E-state index contributed by atoms with van der Waals surface area (Å²) in [6.07, 6.45) is 3.08. The third kappa shape index (κ3) is 2.96. The van der Waals surface area contributed by atoms with Gasteiger partial charge in [-0.1, -0.05) is 60.1 Å². The molecule has 1 N–H and O–H groups in total. The van der Waals surface area contributed by atoms with Crippen molar-refractivity contribution >= 4 is 34.7 Å². The Kier molecular flexibility index (Phi) is 4.67. The Balaban J connectivity index is 1.98. The van der Waals surface area contributed by atoms with Crippen LogP contribution in [0.2, 0.25) is 5.02 Å². The number of hydrogen-bond donors (Lipinski definition) is 1. The van der Waals surface area contributed by atoms with Crippen LogP contribution in [0.5, 0.6) is 0 Å². The van der Waals surface area contributed by atoms with Crippen molar-refractivity contribution in [3.05, 3.63) is 101 Å². The van der Waals surface area contributed by atoms with E-state index in [9.17, 15) is 14.7 Å². The number of hydrogen-bond acceptors (Lipinski definition) is 4. The van der Waals surface area contributed by atoms with Gasteiger partial charge < -0.3 is 5.11 Å². The zero-order valence-corrected chi connectivity index (χ0v) is 15.4. The zero-order valence-electron chi connectivity index (χ0n) is 14.6. The molecule has 3 aromatic rings. The molecule has 0 bridgehead atoms. The van der Waals surface area contributed by atoms with Crippen LogP contribution in [0, 0.1) is 0 Å². The van der Waals surface area contributed by atoms with E-state index >= 15 is 0 Å². The van der Waals surface area contributed by atoms with E-state index in [1.165, 1.54) is 11.1 Å². The summed E-state index contributed by atoms with van der Waals surface area (Å²) in [4.78, 5) is 31.2. The highest BCUT2D eigenvalue weighted by molar-refractivity contribution is 6.52. The minimum absolute atomic E-state index is 0.00634. The first kappa shape index (κ1) is 17.9. The van der Waals surface area contributed by atoms with Crippen molar-refractivity contribution in [2.75, 3.05) is 4.90 Å². The number of Topliss-reactive ketones (excluding diaryl/α,β-unsaturated/α-hetero) is 1. The van der Waals surface area contributed by atoms with Crippen molar-refractivity contribution in [2.24, 2.45) is 0 Å². The molecule has 5 nitrogen and oxygen atoms in total. The largest absolute Gasteiger partial charge is 0.507 e. The van der Waals surface area contributed by atoms with Gasteiger partial charge in [-0.2, -0.15) is 0 Å². The molecule has 6 heteroatoms. The SMILES string of the molecule is O=C1C(=O)N(c2cccnc2)C(c2ccccc2Cl)C1=C(O)c1ccccc1. The Bertz CT molecular complexity index is 1080. The fourth-order valence-corrected chi connectivity index (χ4v) is 3.58. The fourth-order valence-electron chi connectivity index (χ4n) is 3.34. The van der Waals surface area contributed by atoms with Gasteiger partial charge in [0.05, 0.1) is 23.5 Å². The Hall–Kier alpha value is -3.44. The molecule has 1 saturated heterocycles. The van der Waals surface area contributed by atoms with Gasteiger partial charge in [-0.3, -0.25) is 19.5 Å². The molecule has 0 radical (unpaired) electrons. The molecule has 28 heavy (non-hydrogen) atoms. The summed E-state index contributed by atoms with van der Waals surface area (Å²) in [5, 5.41) is 11.3. The quantitative estimate of drug-likeness (QED) is 0.410. The molecule has 1 atom stereocenters. The van der Waals surface area contributed by atoms with Crippen LogP contribution in [-0.4, -0.2) is 21.8 Å². The number of ketones is 1. The Morgan fingerprint density at radius 3 is 2.36 bits per heavy atom. The lowest BCUT2D eigenvalue weighted by Gasteiger charge is -2.25. The van der Waals surface area contributed by atoms with E-state index in [1.54, 1.807) is 72.9 Å². The number of aliphatic hydroxyl groups is 1. The molecular weight excluding hydrogens is 376 g/mol. The van der Waals surface area contributed by atoms with E-state index in [-0.39, 0.29) is 11.3 Å². The maximum Gasteiger partial charge on any atom is 0.300 e. The predicted octanol–water partition coefficient (Wildman–Crippen LogP) is 4.36. The third-order valence-corrected chi connectivity index (χ3v) is 4.96. The van der Waals surface area contributed by atoms with Crippen molar-refractivity contribution in [3.63, 3.8) is 0 Å². The zero-order chi connectivity index (χ0) is 19.7. The van der Waals surface area contributed by atoms with Crippen molar-refractivity contribution in [1.29, 1.82) is 0 Å². The second-order valence-electron chi connectivity index (χ2n) is 6.27. The van der Waals surface area contributed by atoms with Crippen LogP contribution in [-0.2, 0) is 9.59 Å². The number of rotatable bonds is 3.